The average Bonchev–Trinajstić information content (AvgIpc) is 3.10. The zero-order valence-corrected chi connectivity index (χ0v) is 14.1. The first-order valence-corrected chi connectivity index (χ1v) is 8.48. The van der Waals surface area contributed by atoms with Gasteiger partial charge in [-0.15, -0.1) is 11.3 Å². The van der Waals surface area contributed by atoms with Crippen LogP contribution in [0.1, 0.15) is 33.4 Å². The number of carbonyl (C=O) groups is 3. The molecule has 2 aromatic rings. The van der Waals surface area contributed by atoms with Crippen LogP contribution in [0.2, 0.25) is 0 Å². The molecule has 7 heteroatoms. The van der Waals surface area contributed by atoms with E-state index in [1.807, 2.05) is 12.3 Å². The summed E-state index contributed by atoms with van der Waals surface area (Å²) in [6.45, 7) is 2.63. The Labute approximate surface area is 144 Å². The molecule has 24 heavy (non-hydrogen) atoms. The highest BCUT2D eigenvalue weighted by molar-refractivity contribution is 7.12. The Kier molecular flexibility index (Phi) is 6.51. The first-order valence-electron chi connectivity index (χ1n) is 7.60. The van der Waals surface area contributed by atoms with Crippen LogP contribution >= 0.6 is 11.3 Å². The summed E-state index contributed by atoms with van der Waals surface area (Å²) in [5.41, 5.74) is 1.04. The second-order valence-electron chi connectivity index (χ2n) is 4.97. The molecule has 0 aliphatic carbocycles. The lowest BCUT2D eigenvalue weighted by Crippen LogP contribution is -2.27. The van der Waals surface area contributed by atoms with Gasteiger partial charge in [0.05, 0.1) is 4.88 Å². The SMILES string of the molecule is CCNC(=O)c1cccc(NC(=O)CCNC(=O)c2cccs2)c1. The molecule has 0 aliphatic heterocycles. The Morgan fingerprint density at radius 2 is 1.88 bits per heavy atom. The van der Waals surface area contributed by atoms with Crippen LogP contribution in [-0.4, -0.2) is 30.8 Å². The zero-order chi connectivity index (χ0) is 17.4. The molecule has 0 aliphatic rings. The Morgan fingerprint density at radius 3 is 2.58 bits per heavy atom. The Balaban J connectivity index is 1.81. The van der Waals surface area contributed by atoms with Crippen LogP contribution in [0, 0.1) is 0 Å². The van der Waals surface area contributed by atoms with Gasteiger partial charge in [-0.1, -0.05) is 12.1 Å². The highest BCUT2D eigenvalue weighted by Gasteiger charge is 2.09. The lowest BCUT2D eigenvalue weighted by Gasteiger charge is -2.08. The predicted octanol–water partition coefficient (Wildman–Crippen LogP) is 2.26. The predicted molar refractivity (Wildman–Crippen MR) is 94.3 cm³/mol. The smallest absolute Gasteiger partial charge is 0.261 e. The third kappa shape index (κ3) is 5.20. The summed E-state index contributed by atoms with van der Waals surface area (Å²) in [6, 6.07) is 10.2. The lowest BCUT2D eigenvalue weighted by molar-refractivity contribution is -0.116. The van der Waals surface area contributed by atoms with Crippen molar-refractivity contribution in [2.75, 3.05) is 18.4 Å². The van der Waals surface area contributed by atoms with Crippen molar-refractivity contribution in [2.24, 2.45) is 0 Å². The fourth-order valence-electron chi connectivity index (χ4n) is 2.01. The van der Waals surface area contributed by atoms with Gasteiger partial charge in [0.1, 0.15) is 0 Å². The number of rotatable bonds is 7. The molecule has 0 spiro atoms. The number of thiophene rings is 1. The van der Waals surface area contributed by atoms with Crippen LogP contribution in [0.4, 0.5) is 5.69 Å². The Morgan fingerprint density at radius 1 is 1.04 bits per heavy atom. The highest BCUT2D eigenvalue weighted by Crippen LogP contribution is 2.11. The minimum atomic E-state index is -0.227. The minimum Gasteiger partial charge on any atom is -0.352 e. The van der Waals surface area contributed by atoms with Gasteiger partial charge in [0.2, 0.25) is 5.91 Å². The van der Waals surface area contributed by atoms with Gasteiger partial charge >= 0.3 is 0 Å². The van der Waals surface area contributed by atoms with E-state index in [1.165, 1.54) is 11.3 Å². The maximum Gasteiger partial charge on any atom is 0.261 e. The summed E-state index contributed by atoms with van der Waals surface area (Å²) < 4.78 is 0. The molecule has 1 heterocycles. The highest BCUT2D eigenvalue weighted by atomic mass is 32.1. The largest absolute Gasteiger partial charge is 0.352 e. The van der Waals surface area contributed by atoms with Gasteiger partial charge in [-0.3, -0.25) is 14.4 Å². The molecular weight excluding hydrogens is 326 g/mol. The van der Waals surface area contributed by atoms with Gasteiger partial charge in [-0.2, -0.15) is 0 Å². The molecule has 0 unspecified atom stereocenters. The fourth-order valence-corrected chi connectivity index (χ4v) is 2.65. The van der Waals surface area contributed by atoms with E-state index in [-0.39, 0.29) is 30.7 Å². The van der Waals surface area contributed by atoms with Crippen LogP contribution < -0.4 is 16.0 Å². The molecule has 0 radical (unpaired) electrons. The van der Waals surface area contributed by atoms with E-state index in [0.29, 0.717) is 22.7 Å². The first-order chi connectivity index (χ1) is 11.6. The summed E-state index contributed by atoms with van der Waals surface area (Å²) in [7, 11) is 0. The zero-order valence-electron chi connectivity index (χ0n) is 13.3. The monoisotopic (exact) mass is 345 g/mol. The summed E-state index contributed by atoms with van der Waals surface area (Å²) in [5.74, 6) is -0.595. The van der Waals surface area contributed by atoms with E-state index in [9.17, 15) is 14.4 Å². The van der Waals surface area contributed by atoms with Crippen LogP contribution in [0.5, 0.6) is 0 Å². The summed E-state index contributed by atoms with van der Waals surface area (Å²) in [5, 5.41) is 9.94. The standard InChI is InChI=1S/C17H19N3O3S/c1-2-18-16(22)12-5-3-6-13(11-12)20-15(21)8-9-19-17(23)14-7-4-10-24-14/h3-7,10-11H,2,8-9H2,1H3,(H,18,22)(H,19,23)(H,20,21). The van der Waals surface area contributed by atoms with E-state index in [4.69, 9.17) is 0 Å². The maximum atomic E-state index is 11.9. The van der Waals surface area contributed by atoms with Gasteiger partial charge in [0.25, 0.3) is 11.8 Å². The summed E-state index contributed by atoms with van der Waals surface area (Å²) in [6.07, 6.45) is 0.155. The van der Waals surface area contributed by atoms with E-state index < -0.39 is 0 Å². The number of anilines is 1. The Bertz CT molecular complexity index is 714. The van der Waals surface area contributed by atoms with Gasteiger partial charge < -0.3 is 16.0 Å². The molecule has 126 valence electrons. The van der Waals surface area contributed by atoms with Crippen LogP contribution in [0.3, 0.4) is 0 Å². The van der Waals surface area contributed by atoms with Crippen molar-refractivity contribution in [3.8, 4) is 0 Å². The number of carbonyl (C=O) groups excluding carboxylic acids is 3. The summed E-state index contributed by atoms with van der Waals surface area (Å²) >= 11 is 1.35. The molecule has 2 rings (SSSR count). The van der Waals surface area contributed by atoms with Gasteiger partial charge in [-0.25, -0.2) is 0 Å². The molecule has 0 saturated carbocycles. The molecule has 1 aromatic heterocycles. The maximum absolute atomic E-state index is 11.9. The third-order valence-corrected chi connectivity index (χ3v) is 4.00. The molecule has 6 nitrogen and oxygen atoms in total. The second-order valence-corrected chi connectivity index (χ2v) is 5.92. The van der Waals surface area contributed by atoms with Crippen molar-refractivity contribution in [3.05, 3.63) is 52.2 Å². The van der Waals surface area contributed by atoms with Crippen molar-refractivity contribution < 1.29 is 14.4 Å². The minimum absolute atomic E-state index is 0.155. The molecule has 0 saturated heterocycles. The first kappa shape index (κ1) is 17.7. The second kappa shape index (κ2) is 8.83. The van der Waals surface area contributed by atoms with Gasteiger partial charge in [0.15, 0.2) is 0 Å². The van der Waals surface area contributed by atoms with Crippen molar-refractivity contribution in [2.45, 2.75) is 13.3 Å². The molecule has 3 amide bonds. The molecule has 0 atom stereocenters. The number of nitrogens with one attached hydrogen (secondary N) is 3. The topological polar surface area (TPSA) is 87.3 Å². The fraction of sp³-hybridized carbons (Fsp3) is 0.235. The van der Waals surface area contributed by atoms with E-state index in [0.717, 1.165) is 0 Å². The van der Waals surface area contributed by atoms with Gasteiger partial charge in [-0.05, 0) is 36.6 Å². The average molecular weight is 345 g/mol. The molecule has 0 bridgehead atoms. The van der Waals surface area contributed by atoms with Crippen molar-refractivity contribution >= 4 is 34.7 Å². The van der Waals surface area contributed by atoms with Crippen LogP contribution in [0.25, 0.3) is 0 Å². The summed E-state index contributed by atoms with van der Waals surface area (Å²) in [4.78, 5) is 36.1. The number of hydrogen-bond acceptors (Lipinski definition) is 4. The quantitative estimate of drug-likeness (QED) is 0.719. The van der Waals surface area contributed by atoms with Crippen LogP contribution in [0.15, 0.2) is 41.8 Å². The number of amides is 3. The number of benzene rings is 1. The van der Waals surface area contributed by atoms with Crippen LogP contribution in [-0.2, 0) is 4.79 Å². The normalized spacial score (nSPS) is 10.0. The van der Waals surface area contributed by atoms with Crippen molar-refractivity contribution in [3.63, 3.8) is 0 Å². The third-order valence-electron chi connectivity index (χ3n) is 3.13. The van der Waals surface area contributed by atoms with Gasteiger partial charge in [0, 0.05) is 30.8 Å². The molecular formula is C17H19N3O3S. The molecule has 0 fully saturated rings. The van der Waals surface area contributed by atoms with E-state index in [2.05, 4.69) is 16.0 Å². The van der Waals surface area contributed by atoms with E-state index >= 15 is 0 Å². The number of hydrogen-bond donors (Lipinski definition) is 3. The van der Waals surface area contributed by atoms with Crippen molar-refractivity contribution in [1.82, 2.24) is 10.6 Å². The van der Waals surface area contributed by atoms with Crippen molar-refractivity contribution in [1.29, 1.82) is 0 Å². The molecule has 1 aromatic carbocycles. The Hall–Kier alpha value is -2.67. The molecule has 3 N–H and O–H groups in total. The van der Waals surface area contributed by atoms with E-state index in [1.54, 1.807) is 36.4 Å². The lowest BCUT2D eigenvalue weighted by atomic mass is 10.2.